The molecule has 0 aliphatic rings. The third-order valence-corrected chi connectivity index (χ3v) is 4.21. The van der Waals surface area contributed by atoms with Crippen molar-refractivity contribution in [3.63, 3.8) is 0 Å². The minimum Gasteiger partial charge on any atom is -0.377 e. The number of alkyl halides is 3. The van der Waals surface area contributed by atoms with E-state index < -0.39 is 18.6 Å². The van der Waals surface area contributed by atoms with E-state index in [9.17, 15) is 13.2 Å². The maximum absolute atomic E-state index is 12.8. The number of aryl methyl sites for hydroxylation is 1. The van der Waals surface area contributed by atoms with Gasteiger partial charge in [-0.25, -0.2) is 0 Å². The first-order valence-corrected chi connectivity index (χ1v) is 7.29. The quantitative estimate of drug-likeness (QED) is 0.722. The zero-order valence-corrected chi connectivity index (χ0v) is 13.0. The highest BCUT2D eigenvalue weighted by Gasteiger charge is 2.32. The largest absolute Gasteiger partial charge is 0.391 e. The average Bonchev–Trinajstić information content (AvgIpc) is 2.42. The molecule has 0 aliphatic carbocycles. The normalized spacial score (nSPS) is 13.0. The first kappa shape index (κ1) is 15.9. The molecule has 5 heteroatoms. The van der Waals surface area contributed by atoms with Gasteiger partial charge in [-0.05, 0) is 40.0 Å². The molecular weight excluding hydrogens is 343 g/mol. The van der Waals surface area contributed by atoms with Crippen LogP contribution in [0.4, 0.5) is 18.9 Å². The van der Waals surface area contributed by atoms with Crippen LogP contribution in [0.25, 0.3) is 0 Å². The highest BCUT2D eigenvalue weighted by Crippen LogP contribution is 2.35. The van der Waals surface area contributed by atoms with E-state index in [4.69, 9.17) is 0 Å². The van der Waals surface area contributed by atoms with Gasteiger partial charge in [-0.1, -0.05) is 42.5 Å². The Balaban J connectivity index is 2.30. The molecule has 0 fully saturated rings. The van der Waals surface area contributed by atoms with Gasteiger partial charge in [0, 0.05) is 10.2 Å². The van der Waals surface area contributed by atoms with Crippen LogP contribution in [-0.2, 0) is 0 Å². The van der Waals surface area contributed by atoms with E-state index in [1.807, 2.05) is 19.1 Å². The van der Waals surface area contributed by atoms with Crippen molar-refractivity contribution in [1.82, 2.24) is 0 Å². The van der Waals surface area contributed by atoms with E-state index in [0.29, 0.717) is 11.3 Å². The van der Waals surface area contributed by atoms with E-state index in [1.165, 1.54) is 0 Å². The molecule has 1 atom stereocenters. The fourth-order valence-corrected chi connectivity index (χ4v) is 2.49. The summed E-state index contributed by atoms with van der Waals surface area (Å²) in [7, 11) is 0. The first-order valence-electron chi connectivity index (χ1n) is 6.50. The summed E-state index contributed by atoms with van der Waals surface area (Å²) in [5, 5.41) is 2.99. The monoisotopic (exact) mass is 357 g/mol. The van der Waals surface area contributed by atoms with Crippen molar-refractivity contribution in [2.75, 3.05) is 5.32 Å². The topological polar surface area (TPSA) is 12.0 Å². The van der Waals surface area contributed by atoms with Crippen molar-refractivity contribution in [2.45, 2.75) is 25.6 Å². The maximum atomic E-state index is 12.8. The predicted molar refractivity (Wildman–Crippen MR) is 82.4 cm³/mol. The Labute approximate surface area is 130 Å². The van der Waals surface area contributed by atoms with Gasteiger partial charge in [-0.3, -0.25) is 0 Å². The molecule has 0 aliphatic heterocycles. The van der Waals surface area contributed by atoms with Crippen molar-refractivity contribution < 1.29 is 13.2 Å². The van der Waals surface area contributed by atoms with Gasteiger partial charge in [-0.15, -0.1) is 0 Å². The zero-order valence-electron chi connectivity index (χ0n) is 11.4. The van der Waals surface area contributed by atoms with E-state index in [-0.39, 0.29) is 0 Å². The molecule has 0 radical (unpaired) electrons. The van der Waals surface area contributed by atoms with Crippen molar-refractivity contribution in [2.24, 2.45) is 0 Å². The van der Waals surface area contributed by atoms with E-state index in [0.717, 1.165) is 10.0 Å². The second kappa shape index (κ2) is 6.52. The number of halogens is 4. The summed E-state index contributed by atoms with van der Waals surface area (Å²) >= 11 is 3.42. The molecule has 0 saturated carbocycles. The van der Waals surface area contributed by atoms with Crippen LogP contribution >= 0.6 is 15.9 Å². The summed E-state index contributed by atoms with van der Waals surface area (Å²) in [4.78, 5) is 0. The minimum absolute atomic E-state index is 0.614. The van der Waals surface area contributed by atoms with Gasteiger partial charge in [0.05, 0.1) is 12.5 Å². The summed E-state index contributed by atoms with van der Waals surface area (Å²) in [5.41, 5.74) is 2.25. The molecule has 1 N–H and O–H groups in total. The Hall–Kier alpha value is -1.49. The van der Waals surface area contributed by atoms with Gasteiger partial charge in [0.25, 0.3) is 0 Å². The lowest BCUT2D eigenvalue weighted by atomic mass is 10.0. The van der Waals surface area contributed by atoms with Gasteiger partial charge in [0.1, 0.15) is 0 Å². The number of hydrogen-bond donors (Lipinski definition) is 1. The predicted octanol–water partition coefficient (Wildman–Crippen LogP) is 5.86. The van der Waals surface area contributed by atoms with E-state index >= 15 is 0 Å². The molecule has 0 bridgehead atoms. The summed E-state index contributed by atoms with van der Waals surface area (Å²) in [6.45, 7) is 1.90. The minimum atomic E-state index is -4.23. The number of anilines is 1. The fraction of sp³-hybridized carbons (Fsp3) is 0.250. The molecule has 1 unspecified atom stereocenters. The lowest BCUT2D eigenvalue weighted by Gasteiger charge is -2.23. The van der Waals surface area contributed by atoms with Gasteiger partial charge < -0.3 is 5.32 Å². The lowest BCUT2D eigenvalue weighted by Crippen LogP contribution is -2.20. The molecule has 2 rings (SSSR count). The van der Waals surface area contributed by atoms with Crippen molar-refractivity contribution >= 4 is 21.6 Å². The van der Waals surface area contributed by atoms with Crippen LogP contribution in [-0.4, -0.2) is 6.18 Å². The van der Waals surface area contributed by atoms with Crippen molar-refractivity contribution in [3.8, 4) is 0 Å². The number of rotatable bonds is 4. The first-order chi connectivity index (χ1) is 9.87. The average molecular weight is 358 g/mol. The van der Waals surface area contributed by atoms with Crippen LogP contribution in [0, 0.1) is 6.92 Å². The highest BCUT2D eigenvalue weighted by atomic mass is 79.9. The maximum Gasteiger partial charge on any atom is 0.391 e. The molecule has 0 aromatic heterocycles. The second-order valence-corrected chi connectivity index (χ2v) is 5.66. The van der Waals surface area contributed by atoms with Crippen LogP contribution in [0.1, 0.15) is 23.6 Å². The van der Waals surface area contributed by atoms with Crippen LogP contribution in [0.15, 0.2) is 53.0 Å². The Morgan fingerprint density at radius 2 is 1.71 bits per heavy atom. The molecular formula is C16H15BrF3N. The Kier molecular flexibility index (Phi) is 4.93. The summed E-state index contributed by atoms with van der Waals surface area (Å²) < 4.78 is 39.3. The van der Waals surface area contributed by atoms with Gasteiger partial charge in [0.15, 0.2) is 0 Å². The molecule has 0 heterocycles. The third-order valence-electron chi connectivity index (χ3n) is 3.16. The molecule has 0 saturated heterocycles. The van der Waals surface area contributed by atoms with Gasteiger partial charge in [-0.2, -0.15) is 13.2 Å². The Bertz CT molecular complexity index is 596. The molecule has 2 aromatic carbocycles. The second-order valence-electron chi connectivity index (χ2n) is 4.86. The third kappa shape index (κ3) is 4.49. The van der Waals surface area contributed by atoms with Crippen molar-refractivity contribution in [3.05, 3.63) is 64.1 Å². The smallest absolute Gasteiger partial charge is 0.377 e. The summed E-state index contributed by atoms with van der Waals surface area (Å²) in [6.07, 6.45) is -5.15. The number of benzene rings is 2. The fourth-order valence-electron chi connectivity index (χ4n) is 2.12. The Morgan fingerprint density at radius 1 is 1.05 bits per heavy atom. The van der Waals surface area contributed by atoms with Gasteiger partial charge >= 0.3 is 6.18 Å². The molecule has 0 spiro atoms. The summed E-state index contributed by atoms with van der Waals surface area (Å²) in [5.74, 6) is 0. The van der Waals surface area contributed by atoms with Crippen LogP contribution < -0.4 is 5.32 Å². The van der Waals surface area contributed by atoms with Crippen LogP contribution in [0.5, 0.6) is 0 Å². The molecule has 2 aromatic rings. The molecule has 112 valence electrons. The molecule has 1 nitrogen and oxygen atoms in total. The lowest BCUT2D eigenvalue weighted by molar-refractivity contribution is -0.137. The zero-order chi connectivity index (χ0) is 15.5. The molecule has 0 amide bonds. The van der Waals surface area contributed by atoms with E-state index in [2.05, 4.69) is 21.2 Å². The van der Waals surface area contributed by atoms with Crippen LogP contribution in [0.3, 0.4) is 0 Å². The standard InChI is InChI=1S/C16H15BrF3N/c1-11-6-5-9-13(15(11)17)21-14(10-16(18,19)20)12-7-3-2-4-8-12/h2-9,14,21H,10H2,1H3. The van der Waals surface area contributed by atoms with E-state index in [1.54, 1.807) is 36.4 Å². The Morgan fingerprint density at radius 3 is 2.33 bits per heavy atom. The highest BCUT2D eigenvalue weighted by molar-refractivity contribution is 9.10. The number of hydrogen-bond acceptors (Lipinski definition) is 1. The number of nitrogens with one attached hydrogen (secondary N) is 1. The van der Waals surface area contributed by atoms with Crippen LogP contribution in [0.2, 0.25) is 0 Å². The van der Waals surface area contributed by atoms with Crippen molar-refractivity contribution in [1.29, 1.82) is 0 Å². The SMILES string of the molecule is Cc1cccc(NC(CC(F)(F)F)c2ccccc2)c1Br. The van der Waals surface area contributed by atoms with Gasteiger partial charge in [0.2, 0.25) is 0 Å². The summed E-state index contributed by atoms with van der Waals surface area (Å²) in [6, 6.07) is 13.3. The molecule has 21 heavy (non-hydrogen) atoms.